The van der Waals surface area contributed by atoms with Gasteiger partial charge >= 0.3 is 30.3 Å². The molecule has 0 aliphatic heterocycles. The molecule has 0 saturated heterocycles. The first-order valence-corrected chi connectivity index (χ1v) is 17.9. The van der Waals surface area contributed by atoms with Gasteiger partial charge in [-0.1, -0.05) is 53.9 Å². The number of carbonyl (C=O) groups excluding carboxylic acids is 3. The average molecular weight is 748 g/mol. The number of halogens is 6. The van der Waals surface area contributed by atoms with Gasteiger partial charge in [-0.3, -0.25) is 14.4 Å². The van der Waals surface area contributed by atoms with E-state index in [4.69, 9.17) is 14.2 Å². The van der Waals surface area contributed by atoms with Crippen LogP contribution in [0.3, 0.4) is 0 Å². The highest BCUT2D eigenvalue weighted by atomic mass is 19.4. The third-order valence-corrected chi connectivity index (χ3v) is 10.8. The molecule has 0 bridgehead atoms. The fourth-order valence-corrected chi connectivity index (χ4v) is 6.10. The first-order valence-electron chi connectivity index (χ1n) is 17.9. The van der Waals surface area contributed by atoms with Gasteiger partial charge in [-0.15, -0.1) is 0 Å². The number of hydrogen-bond acceptors (Lipinski definition) is 8. The number of hydrogen-bond donors (Lipinski definition) is 2. The summed E-state index contributed by atoms with van der Waals surface area (Å²) < 4.78 is 97.4. The van der Waals surface area contributed by atoms with Gasteiger partial charge in [0.05, 0.1) is 23.3 Å². The number of ether oxygens (including phenoxy) is 3. The van der Waals surface area contributed by atoms with E-state index in [2.05, 4.69) is 5.32 Å². The summed E-state index contributed by atoms with van der Waals surface area (Å²) in [5, 5.41) is 12.7. The Balaban J connectivity index is 3.50. The summed E-state index contributed by atoms with van der Waals surface area (Å²) in [5.74, 6) is -3.69. The molecule has 0 aromatic carbocycles. The molecule has 1 aliphatic rings. The molecular formula is C37H63F6NO7. The molecule has 0 amide bonds. The van der Waals surface area contributed by atoms with Crippen molar-refractivity contribution >= 4 is 17.9 Å². The molecule has 1 saturated carbocycles. The second-order valence-electron chi connectivity index (χ2n) is 17.7. The number of carbonyl (C=O) groups is 3. The molecule has 1 fully saturated rings. The summed E-state index contributed by atoms with van der Waals surface area (Å²) in [6, 6.07) is 0. The van der Waals surface area contributed by atoms with Crippen molar-refractivity contribution < 1.29 is 60.0 Å². The zero-order valence-electron chi connectivity index (χ0n) is 32.7. The van der Waals surface area contributed by atoms with Crippen LogP contribution in [-0.4, -0.2) is 71.4 Å². The first kappa shape index (κ1) is 46.9. The number of aliphatic hydroxyl groups is 1. The minimum atomic E-state index is -4.97. The Labute approximate surface area is 300 Å². The van der Waals surface area contributed by atoms with Crippen LogP contribution < -0.4 is 5.32 Å². The molecule has 2 N–H and O–H groups in total. The van der Waals surface area contributed by atoms with E-state index in [0.29, 0.717) is 19.8 Å². The quantitative estimate of drug-likeness (QED) is 0.0863. The largest absolute Gasteiger partial charge is 0.463 e. The lowest BCUT2D eigenvalue weighted by atomic mass is 9.68. The standard InChI is InChI=1S/C37H63F6NO7/c1-13-33(10,29(47)50-26(25-17-15-14-16-18-25)20-35(12,48)37(41,42)43)21-34(11,19-24(2)27(45)51-32(8,9)30(3,4)5)28(46)49-23-31(6,7)44-22-36(38,39)40/h24-26,44,48H,13-23H2,1-12H3. The maximum atomic E-state index is 14.1. The summed E-state index contributed by atoms with van der Waals surface area (Å²) in [6.45, 7) is 17.1. The normalized spacial score (nSPS) is 20.3. The molecule has 8 nitrogen and oxygen atoms in total. The Morgan fingerprint density at radius 1 is 0.804 bits per heavy atom. The highest BCUT2D eigenvalue weighted by Crippen LogP contribution is 2.45. The number of rotatable bonds is 17. The number of esters is 3. The Morgan fingerprint density at radius 3 is 1.78 bits per heavy atom. The number of nitrogens with one attached hydrogen (secondary N) is 1. The second-order valence-corrected chi connectivity index (χ2v) is 17.7. The Hall–Kier alpha value is -2.09. The third kappa shape index (κ3) is 14.0. The van der Waals surface area contributed by atoms with Gasteiger partial charge in [-0.25, -0.2) is 0 Å². The summed E-state index contributed by atoms with van der Waals surface area (Å²) in [6.07, 6.45) is -8.60. The van der Waals surface area contributed by atoms with E-state index in [1.807, 2.05) is 20.8 Å². The fraction of sp³-hybridized carbons (Fsp3) is 0.919. The van der Waals surface area contributed by atoms with Gasteiger partial charge in [0.25, 0.3) is 0 Å². The van der Waals surface area contributed by atoms with Crippen LogP contribution >= 0.6 is 0 Å². The van der Waals surface area contributed by atoms with Crippen molar-refractivity contribution in [1.82, 2.24) is 5.32 Å². The van der Waals surface area contributed by atoms with Crippen LogP contribution in [-0.2, 0) is 28.6 Å². The van der Waals surface area contributed by atoms with Gasteiger partial charge in [0.15, 0.2) is 5.60 Å². The first-order chi connectivity index (χ1) is 22.7. The van der Waals surface area contributed by atoms with Crippen molar-refractivity contribution in [1.29, 1.82) is 0 Å². The van der Waals surface area contributed by atoms with E-state index in [0.717, 1.165) is 19.3 Å². The highest BCUT2D eigenvalue weighted by Gasteiger charge is 2.54. The lowest BCUT2D eigenvalue weighted by Gasteiger charge is -2.41. The maximum absolute atomic E-state index is 14.1. The minimum absolute atomic E-state index is 0.0796. The monoisotopic (exact) mass is 747 g/mol. The van der Waals surface area contributed by atoms with Gasteiger partial charge in [0.2, 0.25) is 0 Å². The van der Waals surface area contributed by atoms with Crippen molar-refractivity contribution in [2.75, 3.05) is 13.2 Å². The fourth-order valence-electron chi connectivity index (χ4n) is 6.10. The minimum Gasteiger partial charge on any atom is -0.463 e. The zero-order valence-corrected chi connectivity index (χ0v) is 32.7. The Bertz CT molecular complexity index is 1170. The molecule has 0 heterocycles. The predicted octanol–water partition coefficient (Wildman–Crippen LogP) is 8.86. The molecule has 51 heavy (non-hydrogen) atoms. The molecule has 5 unspecified atom stereocenters. The van der Waals surface area contributed by atoms with Crippen LogP contribution in [0, 0.1) is 28.1 Å². The SMILES string of the molecule is CCC(C)(CC(C)(CC(C)C(=O)OC(C)(C)C(C)(C)C)C(=O)OCC(C)(C)NCC(F)(F)F)C(=O)OC(CC(C)(O)C(F)(F)F)C1CCCCC1. The predicted molar refractivity (Wildman–Crippen MR) is 181 cm³/mol. The Kier molecular flexibility index (Phi) is 15.6. The number of alkyl halides is 6. The van der Waals surface area contributed by atoms with Gasteiger partial charge in [0, 0.05) is 17.4 Å². The van der Waals surface area contributed by atoms with E-state index < -0.39 is 101 Å². The van der Waals surface area contributed by atoms with Gasteiger partial charge < -0.3 is 24.6 Å². The van der Waals surface area contributed by atoms with E-state index in [1.54, 1.807) is 27.7 Å². The Morgan fingerprint density at radius 2 is 1.33 bits per heavy atom. The van der Waals surface area contributed by atoms with E-state index >= 15 is 0 Å². The zero-order chi connectivity index (χ0) is 40.1. The average Bonchev–Trinajstić information content (AvgIpc) is 2.97. The third-order valence-electron chi connectivity index (χ3n) is 10.8. The van der Waals surface area contributed by atoms with Crippen molar-refractivity contribution in [2.45, 2.75) is 176 Å². The van der Waals surface area contributed by atoms with Crippen molar-refractivity contribution in [3.63, 3.8) is 0 Å². The van der Waals surface area contributed by atoms with Crippen LogP contribution in [0.5, 0.6) is 0 Å². The topological polar surface area (TPSA) is 111 Å². The summed E-state index contributed by atoms with van der Waals surface area (Å²) in [7, 11) is 0. The molecule has 300 valence electrons. The highest BCUT2D eigenvalue weighted by molar-refractivity contribution is 5.82. The molecule has 1 aliphatic carbocycles. The molecular weight excluding hydrogens is 684 g/mol. The van der Waals surface area contributed by atoms with Crippen molar-refractivity contribution in [2.24, 2.45) is 28.1 Å². The van der Waals surface area contributed by atoms with Crippen LogP contribution in [0.4, 0.5) is 26.3 Å². The lowest BCUT2D eigenvalue weighted by molar-refractivity contribution is -0.264. The lowest BCUT2D eigenvalue weighted by Crippen LogP contribution is -2.50. The van der Waals surface area contributed by atoms with Gasteiger partial charge in [-0.05, 0) is 86.5 Å². The summed E-state index contributed by atoms with van der Waals surface area (Å²) in [4.78, 5) is 41.4. The van der Waals surface area contributed by atoms with Crippen LogP contribution in [0.25, 0.3) is 0 Å². The van der Waals surface area contributed by atoms with Crippen LogP contribution in [0.15, 0.2) is 0 Å². The molecule has 14 heteroatoms. The van der Waals surface area contributed by atoms with E-state index in [-0.39, 0.29) is 19.3 Å². The van der Waals surface area contributed by atoms with Gasteiger partial charge in [0.1, 0.15) is 18.3 Å². The molecule has 1 rings (SSSR count). The second kappa shape index (κ2) is 16.9. The van der Waals surface area contributed by atoms with Crippen molar-refractivity contribution in [3.05, 3.63) is 0 Å². The summed E-state index contributed by atoms with van der Waals surface area (Å²) in [5.41, 5.74) is -8.87. The van der Waals surface area contributed by atoms with E-state index in [9.17, 15) is 45.8 Å². The molecule has 0 aromatic rings. The smallest absolute Gasteiger partial charge is 0.417 e. The van der Waals surface area contributed by atoms with Gasteiger partial charge in [-0.2, -0.15) is 26.3 Å². The van der Waals surface area contributed by atoms with Crippen LogP contribution in [0.2, 0.25) is 0 Å². The molecule has 0 spiro atoms. The molecule has 0 radical (unpaired) electrons. The molecule has 5 atom stereocenters. The maximum Gasteiger partial charge on any atom is 0.417 e. The van der Waals surface area contributed by atoms with Crippen molar-refractivity contribution in [3.8, 4) is 0 Å². The van der Waals surface area contributed by atoms with Crippen LogP contribution in [0.1, 0.15) is 141 Å². The van der Waals surface area contributed by atoms with E-state index in [1.165, 1.54) is 27.7 Å². The molecule has 0 aromatic heterocycles. The summed E-state index contributed by atoms with van der Waals surface area (Å²) >= 11 is 0.